The molecule has 112 valence electrons. The lowest BCUT2D eigenvalue weighted by molar-refractivity contribution is 0.584. The summed E-state index contributed by atoms with van der Waals surface area (Å²) in [5.74, 6) is -1.77. The van der Waals surface area contributed by atoms with E-state index in [-0.39, 0.29) is 22.2 Å². The summed E-state index contributed by atoms with van der Waals surface area (Å²) in [5.41, 5.74) is 5.81. The van der Waals surface area contributed by atoms with Crippen LogP contribution in [0, 0.1) is 11.6 Å². The van der Waals surface area contributed by atoms with E-state index < -0.39 is 21.7 Å². The van der Waals surface area contributed by atoms with Gasteiger partial charge in [-0.15, -0.1) is 0 Å². The summed E-state index contributed by atoms with van der Waals surface area (Å²) in [6, 6.07) is 6.40. The number of anilines is 1. The molecule has 0 aliphatic carbocycles. The molecule has 2 rings (SSSR count). The summed E-state index contributed by atoms with van der Waals surface area (Å²) in [7, 11) is -4.00. The van der Waals surface area contributed by atoms with Crippen molar-refractivity contribution in [2.75, 3.05) is 4.72 Å². The molecule has 0 unspecified atom stereocenters. The highest BCUT2D eigenvalue weighted by Crippen LogP contribution is 2.23. The maximum atomic E-state index is 13.1. The molecule has 0 fully saturated rings. The van der Waals surface area contributed by atoms with Crippen molar-refractivity contribution in [1.29, 1.82) is 0 Å². The van der Waals surface area contributed by atoms with Gasteiger partial charge in [-0.25, -0.2) is 17.2 Å². The van der Waals surface area contributed by atoms with Gasteiger partial charge in [0.25, 0.3) is 10.0 Å². The highest BCUT2D eigenvalue weighted by Gasteiger charge is 2.16. The molecule has 0 aliphatic heterocycles. The number of hydrogen-bond acceptors (Lipinski definition) is 3. The third-order valence-corrected chi connectivity index (χ3v) is 4.40. The predicted molar refractivity (Wildman–Crippen MR) is 76.5 cm³/mol. The maximum Gasteiger partial charge on any atom is 0.261 e. The maximum absolute atomic E-state index is 13.1. The van der Waals surface area contributed by atoms with Crippen LogP contribution in [0.4, 0.5) is 14.5 Å². The van der Waals surface area contributed by atoms with Crippen molar-refractivity contribution in [2.45, 2.75) is 11.4 Å². The van der Waals surface area contributed by atoms with Crippen LogP contribution < -0.4 is 10.5 Å². The second kappa shape index (κ2) is 5.97. The largest absolute Gasteiger partial charge is 0.326 e. The Labute approximate surface area is 125 Å². The Morgan fingerprint density at radius 2 is 1.71 bits per heavy atom. The van der Waals surface area contributed by atoms with Crippen molar-refractivity contribution >= 4 is 27.3 Å². The molecule has 2 aromatic rings. The van der Waals surface area contributed by atoms with Gasteiger partial charge in [-0.2, -0.15) is 0 Å². The van der Waals surface area contributed by atoms with Crippen molar-refractivity contribution in [1.82, 2.24) is 0 Å². The van der Waals surface area contributed by atoms with E-state index >= 15 is 0 Å². The average molecular weight is 333 g/mol. The number of sulfonamides is 1. The number of benzene rings is 2. The average Bonchev–Trinajstić information content (AvgIpc) is 2.36. The number of nitrogens with two attached hydrogens (primary N) is 1. The van der Waals surface area contributed by atoms with E-state index in [1.165, 1.54) is 18.2 Å². The van der Waals surface area contributed by atoms with E-state index in [0.29, 0.717) is 11.6 Å². The minimum Gasteiger partial charge on any atom is -0.326 e. The zero-order valence-corrected chi connectivity index (χ0v) is 12.2. The highest BCUT2D eigenvalue weighted by atomic mass is 35.5. The van der Waals surface area contributed by atoms with Crippen molar-refractivity contribution in [3.8, 4) is 0 Å². The molecule has 0 heterocycles. The Balaban J connectivity index is 2.36. The van der Waals surface area contributed by atoms with Gasteiger partial charge < -0.3 is 5.73 Å². The minimum atomic E-state index is -4.00. The van der Waals surface area contributed by atoms with Gasteiger partial charge in [-0.3, -0.25) is 4.72 Å². The standard InChI is InChI=1S/C13H11ClF2N2O2S/c14-13-6-12(2-1-8(13)7-17)21(19,20)18-11-4-9(15)3-10(16)5-11/h1-6,18H,7,17H2. The van der Waals surface area contributed by atoms with Crippen LogP contribution in [0.25, 0.3) is 0 Å². The SMILES string of the molecule is NCc1ccc(S(=O)(=O)Nc2cc(F)cc(F)c2)cc1Cl. The van der Waals surface area contributed by atoms with Crippen LogP contribution in [0.3, 0.4) is 0 Å². The molecule has 3 N–H and O–H groups in total. The fourth-order valence-electron chi connectivity index (χ4n) is 1.69. The first-order valence-corrected chi connectivity index (χ1v) is 7.65. The molecule has 21 heavy (non-hydrogen) atoms. The van der Waals surface area contributed by atoms with Crippen LogP contribution in [0.5, 0.6) is 0 Å². The molecule has 0 bridgehead atoms. The number of nitrogens with one attached hydrogen (secondary N) is 1. The lowest BCUT2D eigenvalue weighted by Crippen LogP contribution is -2.13. The Kier molecular flexibility index (Phi) is 4.46. The van der Waals surface area contributed by atoms with Crippen LogP contribution in [0.1, 0.15) is 5.56 Å². The first-order valence-electron chi connectivity index (χ1n) is 5.79. The van der Waals surface area contributed by atoms with E-state index in [1.54, 1.807) is 0 Å². The molecule has 0 radical (unpaired) electrons. The lowest BCUT2D eigenvalue weighted by Gasteiger charge is -2.10. The van der Waals surface area contributed by atoms with Gasteiger partial charge in [0.2, 0.25) is 0 Å². The van der Waals surface area contributed by atoms with Crippen LogP contribution >= 0.6 is 11.6 Å². The van der Waals surface area contributed by atoms with E-state index in [4.69, 9.17) is 17.3 Å². The first kappa shape index (κ1) is 15.7. The lowest BCUT2D eigenvalue weighted by atomic mass is 10.2. The fraction of sp³-hybridized carbons (Fsp3) is 0.0769. The molecule has 2 aromatic carbocycles. The molecule has 4 nitrogen and oxygen atoms in total. The minimum absolute atomic E-state index is 0.130. The monoisotopic (exact) mass is 332 g/mol. The molecule has 0 amide bonds. The predicted octanol–water partition coefficient (Wildman–Crippen LogP) is 2.88. The van der Waals surface area contributed by atoms with Gasteiger partial charge in [0.05, 0.1) is 10.6 Å². The normalized spacial score (nSPS) is 11.4. The number of hydrogen-bond donors (Lipinski definition) is 2. The second-order valence-corrected chi connectivity index (χ2v) is 6.31. The molecule has 0 aromatic heterocycles. The van der Waals surface area contributed by atoms with Crippen LogP contribution in [0.2, 0.25) is 5.02 Å². The second-order valence-electron chi connectivity index (χ2n) is 4.22. The summed E-state index contributed by atoms with van der Waals surface area (Å²) in [6.45, 7) is 0.168. The van der Waals surface area contributed by atoms with E-state index in [1.807, 2.05) is 0 Å². The quantitative estimate of drug-likeness (QED) is 0.904. The molecular formula is C13H11ClF2N2O2S. The van der Waals surface area contributed by atoms with Gasteiger partial charge in [-0.1, -0.05) is 17.7 Å². The van der Waals surface area contributed by atoms with Crippen LogP contribution in [0.15, 0.2) is 41.3 Å². The van der Waals surface area contributed by atoms with Crippen molar-refractivity contribution in [2.24, 2.45) is 5.73 Å². The van der Waals surface area contributed by atoms with Gasteiger partial charge in [0, 0.05) is 17.6 Å². The van der Waals surface area contributed by atoms with Gasteiger partial charge in [0.1, 0.15) is 11.6 Å². The smallest absolute Gasteiger partial charge is 0.261 e. The topological polar surface area (TPSA) is 72.2 Å². The van der Waals surface area contributed by atoms with Crippen molar-refractivity contribution in [3.05, 3.63) is 58.6 Å². The Bertz CT molecular complexity index is 761. The van der Waals surface area contributed by atoms with Gasteiger partial charge >= 0.3 is 0 Å². The number of halogens is 3. The molecule has 0 atom stereocenters. The van der Waals surface area contributed by atoms with E-state index in [2.05, 4.69) is 4.72 Å². The zero-order valence-electron chi connectivity index (χ0n) is 10.6. The third-order valence-electron chi connectivity index (χ3n) is 2.67. The summed E-state index contributed by atoms with van der Waals surface area (Å²) in [6.07, 6.45) is 0. The molecular weight excluding hydrogens is 322 g/mol. The summed E-state index contributed by atoms with van der Waals surface area (Å²) in [4.78, 5) is -0.130. The summed E-state index contributed by atoms with van der Waals surface area (Å²) >= 11 is 5.90. The Morgan fingerprint density at radius 1 is 1.10 bits per heavy atom. The fourth-order valence-corrected chi connectivity index (χ4v) is 3.08. The summed E-state index contributed by atoms with van der Waals surface area (Å²) in [5, 5.41) is 0.200. The van der Waals surface area contributed by atoms with Crippen molar-refractivity contribution in [3.63, 3.8) is 0 Å². The van der Waals surface area contributed by atoms with Gasteiger partial charge in [0.15, 0.2) is 0 Å². The zero-order chi connectivity index (χ0) is 15.6. The van der Waals surface area contributed by atoms with Crippen LogP contribution in [-0.4, -0.2) is 8.42 Å². The third kappa shape index (κ3) is 3.69. The first-order chi connectivity index (χ1) is 9.81. The Hall–Kier alpha value is -1.70. The Morgan fingerprint density at radius 3 is 2.24 bits per heavy atom. The van der Waals surface area contributed by atoms with Gasteiger partial charge in [-0.05, 0) is 29.8 Å². The molecule has 0 saturated carbocycles. The molecule has 0 saturated heterocycles. The van der Waals surface area contributed by atoms with E-state index in [0.717, 1.165) is 12.1 Å². The van der Waals surface area contributed by atoms with Crippen molar-refractivity contribution < 1.29 is 17.2 Å². The summed E-state index contributed by atoms with van der Waals surface area (Å²) < 4.78 is 52.5. The van der Waals surface area contributed by atoms with Crippen LogP contribution in [-0.2, 0) is 16.6 Å². The molecule has 0 aliphatic rings. The molecule has 0 spiro atoms. The number of rotatable bonds is 4. The molecule has 8 heteroatoms. The van der Waals surface area contributed by atoms with E-state index in [9.17, 15) is 17.2 Å². The highest BCUT2D eigenvalue weighted by molar-refractivity contribution is 7.92.